The average molecular weight is 248 g/mol. The summed E-state index contributed by atoms with van der Waals surface area (Å²) < 4.78 is 5.18. The van der Waals surface area contributed by atoms with Crippen LogP contribution in [0.15, 0.2) is 18.2 Å². The summed E-state index contributed by atoms with van der Waals surface area (Å²) in [5, 5.41) is 20.8. The SMILES string of the molecule is COc1cccc(C#N)c1NC(C)CCC(=O)O. The van der Waals surface area contributed by atoms with Gasteiger partial charge in [0.15, 0.2) is 0 Å². The number of nitrogens with zero attached hydrogens (tertiary/aromatic N) is 1. The summed E-state index contributed by atoms with van der Waals surface area (Å²) in [5.41, 5.74) is 1.09. The number of para-hydroxylation sites is 1. The number of ether oxygens (including phenoxy) is 1. The molecule has 0 spiro atoms. The molecule has 1 unspecified atom stereocenters. The Morgan fingerprint density at radius 1 is 1.61 bits per heavy atom. The van der Waals surface area contributed by atoms with Crippen LogP contribution in [0.2, 0.25) is 0 Å². The topological polar surface area (TPSA) is 82.3 Å². The van der Waals surface area contributed by atoms with E-state index >= 15 is 0 Å². The van der Waals surface area contributed by atoms with Gasteiger partial charge in [0.2, 0.25) is 0 Å². The van der Waals surface area contributed by atoms with Crippen molar-refractivity contribution in [3.63, 3.8) is 0 Å². The minimum absolute atomic E-state index is 0.0514. The largest absolute Gasteiger partial charge is 0.495 e. The summed E-state index contributed by atoms with van der Waals surface area (Å²) in [6.07, 6.45) is 0.573. The number of carboxylic acids is 1. The predicted molar refractivity (Wildman–Crippen MR) is 67.7 cm³/mol. The molecule has 1 atom stereocenters. The van der Waals surface area contributed by atoms with Crippen molar-refractivity contribution < 1.29 is 14.6 Å². The van der Waals surface area contributed by atoms with E-state index < -0.39 is 5.97 Å². The molecule has 0 aliphatic carbocycles. The van der Waals surface area contributed by atoms with E-state index in [2.05, 4.69) is 11.4 Å². The molecule has 0 saturated carbocycles. The van der Waals surface area contributed by atoms with Gasteiger partial charge in [0, 0.05) is 12.5 Å². The number of nitriles is 1. The highest BCUT2D eigenvalue weighted by molar-refractivity contribution is 5.68. The molecule has 5 nitrogen and oxygen atoms in total. The van der Waals surface area contributed by atoms with Gasteiger partial charge >= 0.3 is 5.97 Å². The zero-order valence-electron chi connectivity index (χ0n) is 10.4. The lowest BCUT2D eigenvalue weighted by Gasteiger charge is -2.17. The number of anilines is 1. The van der Waals surface area contributed by atoms with Crippen LogP contribution in [-0.2, 0) is 4.79 Å². The number of nitrogens with one attached hydrogen (secondary N) is 1. The van der Waals surface area contributed by atoms with E-state index in [1.54, 1.807) is 18.2 Å². The molecule has 0 heterocycles. The molecule has 0 saturated heterocycles. The Hall–Kier alpha value is -2.22. The summed E-state index contributed by atoms with van der Waals surface area (Å²) in [6, 6.07) is 7.22. The molecule has 0 bridgehead atoms. The Labute approximate surface area is 106 Å². The van der Waals surface area contributed by atoms with Crippen LogP contribution in [-0.4, -0.2) is 24.2 Å². The average Bonchev–Trinajstić information content (AvgIpc) is 2.36. The van der Waals surface area contributed by atoms with E-state index in [1.807, 2.05) is 6.92 Å². The molecule has 0 amide bonds. The molecule has 1 rings (SSSR count). The predicted octanol–water partition coefficient (Wildman–Crippen LogP) is 2.23. The summed E-state index contributed by atoms with van der Waals surface area (Å²) in [5.74, 6) is -0.250. The van der Waals surface area contributed by atoms with Crippen molar-refractivity contribution in [2.45, 2.75) is 25.8 Å². The van der Waals surface area contributed by atoms with Crippen LogP contribution in [0.25, 0.3) is 0 Å². The van der Waals surface area contributed by atoms with Gasteiger partial charge in [-0.15, -0.1) is 0 Å². The van der Waals surface area contributed by atoms with Crippen molar-refractivity contribution in [3.05, 3.63) is 23.8 Å². The molecule has 96 valence electrons. The maximum absolute atomic E-state index is 10.5. The first-order valence-electron chi connectivity index (χ1n) is 5.64. The maximum atomic E-state index is 10.5. The van der Waals surface area contributed by atoms with E-state index in [0.29, 0.717) is 23.4 Å². The zero-order valence-corrected chi connectivity index (χ0v) is 10.4. The van der Waals surface area contributed by atoms with Gasteiger partial charge in [-0.05, 0) is 25.5 Å². The Bertz CT molecular complexity index is 466. The normalized spacial score (nSPS) is 11.4. The highest BCUT2D eigenvalue weighted by atomic mass is 16.5. The van der Waals surface area contributed by atoms with Crippen LogP contribution in [0.3, 0.4) is 0 Å². The van der Waals surface area contributed by atoms with Gasteiger partial charge in [0.1, 0.15) is 11.8 Å². The highest BCUT2D eigenvalue weighted by Gasteiger charge is 2.12. The fraction of sp³-hybridized carbons (Fsp3) is 0.385. The summed E-state index contributed by atoms with van der Waals surface area (Å²) in [4.78, 5) is 10.5. The molecule has 1 aromatic carbocycles. The van der Waals surface area contributed by atoms with Crippen LogP contribution < -0.4 is 10.1 Å². The number of hydrogen-bond donors (Lipinski definition) is 2. The van der Waals surface area contributed by atoms with Gasteiger partial charge in [0.25, 0.3) is 0 Å². The van der Waals surface area contributed by atoms with Crippen LogP contribution >= 0.6 is 0 Å². The van der Waals surface area contributed by atoms with E-state index in [1.165, 1.54) is 7.11 Å². The van der Waals surface area contributed by atoms with Crippen LogP contribution in [0, 0.1) is 11.3 Å². The Balaban J connectivity index is 2.82. The molecule has 2 N–H and O–H groups in total. The molecule has 5 heteroatoms. The Kier molecular flexibility index (Phi) is 5.00. The van der Waals surface area contributed by atoms with Crippen molar-refractivity contribution in [2.24, 2.45) is 0 Å². The molecule has 0 aliphatic rings. The Morgan fingerprint density at radius 3 is 2.89 bits per heavy atom. The van der Waals surface area contributed by atoms with E-state index in [0.717, 1.165) is 0 Å². The highest BCUT2D eigenvalue weighted by Crippen LogP contribution is 2.28. The smallest absolute Gasteiger partial charge is 0.303 e. The first-order chi connectivity index (χ1) is 8.58. The molecule has 1 aromatic rings. The van der Waals surface area contributed by atoms with Crippen LogP contribution in [0.4, 0.5) is 5.69 Å². The van der Waals surface area contributed by atoms with Crippen molar-refractivity contribution in [1.82, 2.24) is 0 Å². The lowest BCUT2D eigenvalue weighted by atomic mass is 10.1. The number of benzene rings is 1. The molecular weight excluding hydrogens is 232 g/mol. The number of aliphatic carboxylic acids is 1. The first-order valence-corrected chi connectivity index (χ1v) is 5.64. The minimum atomic E-state index is -0.829. The van der Waals surface area contributed by atoms with E-state index in [9.17, 15) is 4.79 Å². The monoisotopic (exact) mass is 248 g/mol. The van der Waals surface area contributed by atoms with Crippen LogP contribution in [0.1, 0.15) is 25.3 Å². The molecule has 0 aliphatic heterocycles. The van der Waals surface area contributed by atoms with Crippen molar-refractivity contribution in [1.29, 1.82) is 5.26 Å². The van der Waals surface area contributed by atoms with Gasteiger partial charge < -0.3 is 15.2 Å². The lowest BCUT2D eigenvalue weighted by Crippen LogP contribution is -2.18. The number of methoxy groups -OCH3 is 1. The van der Waals surface area contributed by atoms with Gasteiger partial charge in [-0.25, -0.2) is 0 Å². The summed E-state index contributed by atoms with van der Waals surface area (Å²) in [7, 11) is 1.53. The summed E-state index contributed by atoms with van der Waals surface area (Å²) in [6.45, 7) is 1.87. The third-order valence-corrected chi connectivity index (χ3v) is 2.55. The maximum Gasteiger partial charge on any atom is 0.303 e. The van der Waals surface area contributed by atoms with E-state index in [-0.39, 0.29) is 12.5 Å². The van der Waals surface area contributed by atoms with Crippen molar-refractivity contribution in [2.75, 3.05) is 12.4 Å². The zero-order chi connectivity index (χ0) is 13.5. The quantitative estimate of drug-likeness (QED) is 0.806. The molecule has 0 radical (unpaired) electrons. The first kappa shape index (κ1) is 13.8. The molecule has 0 fully saturated rings. The summed E-state index contributed by atoms with van der Waals surface area (Å²) >= 11 is 0. The van der Waals surface area contributed by atoms with Gasteiger partial charge in [-0.3, -0.25) is 4.79 Å². The third kappa shape index (κ3) is 3.67. The van der Waals surface area contributed by atoms with Gasteiger partial charge in [0.05, 0.1) is 18.4 Å². The van der Waals surface area contributed by atoms with Gasteiger partial charge in [-0.1, -0.05) is 6.07 Å². The van der Waals surface area contributed by atoms with Gasteiger partial charge in [-0.2, -0.15) is 5.26 Å². The number of rotatable bonds is 6. The standard InChI is InChI=1S/C13H16N2O3/c1-9(6-7-12(16)17)15-13-10(8-14)4-3-5-11(13)18-2/h3-5,9,15H,6-7H2,1-2H3,(H,16,17). The Morgan fingerprint density at radius 2 is 2.33 bits per heavy atom. The van der Waals surface area contributed by atoms with Crippen LogP contribution in [0.5, 0.6) is 5.75 Å². The molecule has 0 aromatic heterocycles. The number of carboxylic acid groups (broad SMARTS) is 1. The number of hydrogen-bond acceptors (Lipinski definition) is 4. The lowest BCUT2D eigenvalue weighted by molar-refractivity contribution is -0.137. The molecular formula is C13H16N2O3. The second-order valence-corrected chi connectivity index (χ2v) is 3.97. The molecule has 18 heavy (non-hydrogen) atoms. The minimum Gasteiger partial charge on any atom is -0.495 e. The second-order valence-electron chi connectivity index (χ2n) is 3.97. The van der Waals surface area contributed by atoms with Crippen molar-refractivity contribution in [3.8, 4) is 11.8 Å². The third-order valence-electron chi connectivity index (χ3n) is 2.55. The number of carbonyl (C=O) groups is 1. The van der Waals surface area contributed by atoms with Crippen molar-refractivity contribution >= 4 is 11.7 Å². The second kappa shape index (κ2) is 6.50. The fourth-order valence-corrected chi connectivity index (χ4v) is 1.60. The van der Waals surface area contributed by atoms with E-state index in [4.69, 9.17) is 15.1 Å². The fourth-order valence-electron chi connectivity index (χ4n) is 1.60.